The second kappa shape index (κ2) is 7.38. The van der Waals surface area contributed by atoms with E-state index < -0.39 is 0 Å². The number of allylic oxidation sites excluding steroid dienone is 5. The Balaban J connectivity index is 3.58. The zero-order chi connectivity index (χ0) is 7.66. The van der Waals surface area contributed by atoms with Crippen LogP contribution in [-0.2, 0) is 0 Å². The Bertz CT molecular complexity index is 204. The summed E-state index contributed by atoms with van der Waals surface area (Å²) in [5, 5.41) is 8.05. The fourth-order valence-electron chi connectivity index (χ4n) is 0.337. The molecule has 0 aliphatic carbocycles. The van der Waals surface area contributed by atoms with Crippen molar-refractivity contribution in [3.8, 4) is 6.07 Å². The van der Waals surface area contributed by atoms with E-state index in [9.17, 15) is 0 Å². The van der Waals surface area contributed by atoms with E-state index in [2.05, 4.69) is 11.7 Å². The van der Waals surface area contributed by atoms with Gasteiger partial charge in [-0.3, -0.25) is 4.99 Å². The fourth-order valence-corrected chi connectivity index (χ4v) is 0.337. The Kier molecular flexibility index (Phi) is 6.18. The summed E-state index contributed by atoms with van der Waals surface area (Å²) in [6, 6.07) is 1.87. The summed E-state index contributed by atoms with van der Waals surface area (Å²) in [5.74, 6) is 0. The summed E-state index contributed by atoms with van der Waals surface area (Å²) in [5.41, 5.74) is 0. The van der Waals surface area contributed by atoms with Crippen molar-refractivity contribution in [2.45, 2.75) is 0 Å². The van der Waals surface area contributed by atoms with Crippen molar-refractivity contribution in [1.82, 2.24) is 0 Å². The second-order valence-electron chi connectivity index (χ2n) is 1.40. The third kappa shape index (κ3) is 6.38. The summed E-state index contributed by atoms with van der Waals surface area (Å²) in [6.07, 6.45) is 9.85. The molecule has 0 fully saturated rings. The quantitative estimate of drug-likeness (QED) is 0.328. The Morgan fingerprint density at radius 2 is 1.90 bits per heavy atom. The summed E-state index contributed by atoms with van der Waals surface area (Å²) in [4.78, 5) is 3.48. The monoisotopic (exact) mass is 132 g/mol. The van der Waals surface area contributed by atoms with Gasteiger partial charge in [-0.25, -0.2) is 0 Å². The summed E-state index contributed by atoms with van der Waals surface area (Å²) >= 11 is 0. The number of hydrogen-bond donors (Lipinski definition) is 0. The number of rotatable bonds is 3. The molecule has 50 valence electrons. The topological polar surface area (TPSA) is 36.1 Å². The Labute approximate surface area is 60.5 Å². The number of hydrogen-bond acceptors (Lipinski definition) is 2. The van der Waals surface area contributed by atoms with E-state index in [1.807, 2.05) is 6.07 Å². The van der Waals surface area contributed by atoms with Crippen LogP contribution in [0.1, 0.15) is 0 Å². The number of nitrogens with zero attached hydrogens (tertiary/aromatic N) is 2. The SMILES string of the molecule is C=NC=CC=CC=CC#N. The highest BCUT2D eigenvalue weighted by Crippen LogP contribution is 1.79. The predicted molar refractivity (Wildman–Crippen MR) is 42.6 cm³/mol. The molecule has 0 aliphatic rings. The minimum Gasteiger partial charge on any atom is -0.273 e. The Morgan fingerprint density at radius 3 is 2.50 bits per heavy atom. The van der Waals surface area contributed by atoms with Crippen molar-refractivity contribution in [1.29, 1.82) is 5.26 Å². The molecule has 2 nitrogen and oxygen atoms in total. The van der Waals surface area contributed by atoms with Gasteiger partial charge < -0.3 is 0 Å². The third-order valence-electron chi connectivity index (χ3n) is 0.696. The Hall–Kier alpha value is -1.62. The van der Waals surface area contributed by atoms with E-state index in [1.54, 1.807) is 30.5 Å². The van der Waals surface area contributed by atoms with Gasteiger partial charge in [-0.2, -0.15) is 5.26 Å². The van der Waals surface area contributed by atoms with E-state index in [0.29, 0.717) is 0 Å². The first kappa shape index (κ1) is 8.38. The highest BCUT2D eigenvalue weighted by Gasteiger charge is 1.60. The molecule has 10 heavy (non-hydrogen) atoms. The van der Waals surface area contributed by atoms with Crippen LogP contribution in [0.3, 0.4) is 0 Å². The van der Waals surface area contributed by atoms with Crippen LogP contribution >= 0.6 is 0 Å². The molecular formula is C8H8N2. The molecule has 0 N–H and O–H groups in total. The van der Waals surface area contributed by atoms with E-state index in [1.165, 1.54) is 6.08 Å². The molecule has 0 rings (SSSR count). The van der Waals surface area contributed by atoms with E-state index in [-0.39, 0.29) is 0 Å². The standard InChI is InChI=1S/C8H8N2/c1-10-8-6-4-2-3-5-7-9/h2-6,8H,1H2. The van der Waals surface area contributed by atoms with Crippen molar-refractivity contribution in [3.05, 3.63) is 36.6 Å². The fraction of sp³-hybridized carbons (Fsp3) is 0. The molecule has 0 radical (unpaired) electrons. The van der Waals surface area contributed by atoms with Gasteiger partial charge in [0, 0.05) is 12.3 Å². The van der Waals surface area contributed by atoms with E-state index >= 15 is 0 Å². The molecule has 0 amide bonds. The maximum absolute atomic E-state index is 8.05. The highest BCUT2D eigenvalue weighted by atomic mass is 14.6. The van der Waals surface area contributed by atoms with Crippen LogP contribution in [0.15, 0.2) is 41.6 Å². The second-order valence-corrected chi connectivity index (χ2v) is 1.40. The molecule has 0 aromatic carbocycles. The molecule has 0 saturated heterocycles. The van der Waals surface area contributed by atoms with Gasteiger partial charge in [0.25, 0.3) is 0 Å². The van der Waals surface area contributed by atoms with Gasteiger partial charge in [0.1, 0.15) is 0 Å². The van der Waals surface area contributed by atoms with Gasteiger partial charge in [0.15, 0.2) is 0 Å². The lowest BCUT2D eigenvalue weighted by Crippen LogP contribution is -1.49. The van der Waals surface area contributed by atoms with Crippen molar-refractivity contribution >= 4 is 6.72 Å². The molecule has 0 heterocycles. The first-order valence-electron chi connectivity index (χ1n) is 2.75. The van der Waals surface area contributed by atoms with Crippen LogP contribution in [0.4, 0.5) is 0 Å². The van der Waals surface area contributed by atoms with Gasteiger partial charge in [0.2, 0.25) is 0 Å². The van der Waals surface area contributed by atoms with Crippen LogP contribution in [0.5, 0.6) is 0 Å². The van der Waals surface area contributed by atoms with Gasteiger partial charge in [-0.1, -0.05) is 18.2 Å². The van der Waals surface area contributed by atoms with E-state index in [4.69, 9.17) is 5.26 Å². The average molecular weight is 132 g/mol. The minimum absolute atomic E-state index is 1.39. The van der Waals surface area contributed by atoms with Gasteiger partial charge >= 0.3 is 0 Å². The largest absolute Gasteiger partial charge is 0.273 e. The molecule has 2 heteroatoms. The summed E-state index contributed by atoms with van der Waals surface area (Å²) < 4.78 is 0. The zero-order valence-electron chi connectivity index (χ0n) is 5.57. The lowest BCUT2D eigenvalue weighted by Gasteiger charge is -1.69. The molecule has 0 spiro atoms. The molecule has 0 bridgehead atoms. The van der Waals surface area contributed by atoms with E-state index in [0.717, 1.165) is 0 Å². The Morgan fingerprint density at radius 1 is 1.20 bits per heavy atom. The molecule has 0 atom stereocenters. The van der Waals surface area contributed by atoms with Gasteiger partial charge in [-0.15, -0.1) is 0 Å². The van der Waals surface area contributed by atoms with Crippen molar-refractivity contribution in [2.24, 2.45) is 4.99 Å². The van der Waals surface area contributed by atoms with Crippen LogP contribution in [0.25, 0.3) is 0 Å². The first-order valence-corrected chi connectivity index (χ1v) is 2.75. The maximum atomic E-state index is 8.05. The lowest BCUT2D eigenvalue weighted by molar-refractivity contribution is 1.53. The summed E-state index contributed by atoms with van der Waals surface area (Å²) in [7, 11) is 0. The highest BCUT2D eigenvalue weighted by molar-refractivity contribution is 5.26. The average Bonchev–Trinajstić information content (AvgIpc) is 1.97. The minimum atomic E-state index is 1.39. The number of nitriles is 1. The third-order valence-corrected chi connectivity index (χ3v) is 0.696. The van der Waals surface area contributed by atoms with Crippen molar-refractivity contribution < 1.29 is 0 Å². The smallest absolute Gasteiger partial charge is 0.0912 e. The number of aliphatic imine (C=N–C) groups is 1. The van der Waals surface area contributed by atoms with Crippen molar-refractivity contribution in [2.75, 3.05) is 0 Å². The van der Waals surface area contributed by atoms with Crippen LogP contribution in [0, 0.1) is 11.3 Å². The summed E-state index contributed by atoms with van der Waals surface area (Å²) in [6.45, 7) is 3.25. The zero-order valence-corrected chi connectivity index (χ0v) is 5.57. The molecule has 0 unspecified atom stereocenters. The first-order chi connectivity index (χ1) is 4.91. The normalized spacial score (nSPS) is 11.1. The lowest BCUT2D eigenvalue weighted by atomic mass is 10.4. The van der Waals surface area contributed by atoms with Gasteiger partial charge in [0.05, 0.1) is 6.07 Å². The van der Waals surface area contributed by atoms with Gasteiger partial charge in [-0.05, 0) is 12.8 Å². The molecular weight excluding hydrogens is 124 g/mol. The molecule has 0 aromatic heterocycles. The van der Waals surface area contributed by atoms with Crippen LogP contribution in [-0.4, -0.2) is 6.72 Å². The molecule has 0 aromatic rings. The predicted octanol–water partition coefficient (Wildman–Crippen LogP) is 1.84. The van der Waals surface area contributed by atoms with Crippen LogP contribution < -0.4 is 0 Å². The van der Waals surface area contributed by atoms with Crippen LogP contribution in [0.2, 0.25) is 0 Å². The molecule has 0 aliphatic heterocycles. The molecule has 0 saturated carbocycles. The van der Waals surface area contributed by atoms with Crippen molar-refractivity contribution in [3.63, 3.8) is 0 Å². The maximum Gasteiger partial charge on any atom is 0.0912 e.